The number of hydrogen-bond acceptors (Lipinski definition) is 4. The molecule has 22 heavy (non-hydrogen) atoms. The summed E-state index contributed by atoms with van der Waals surface area (Å²) < 4.78 is 4.03. The number of amides is 1. The van der Waals surface area contributed by atoms with Crippen molar-refractivity contribution in [3.05, 3.63) is 36.2 Å². The van der Waals surface area contributed by atoms with E-state index in [2.05, 4.69) is 14.6 Å². The Morgan fingerprint density at radius 2 is 2.23 bits per heavy atom. The molecule has 0 radical (unpaired) electrons. The van der Waals surface area contributed by atoms with Crippen LogP contribution < -0.4 is 0 Å². The van der Waals surface area contributed by atoms with E-state index in [1.807, 2.05) is 47.2 Å². The van der Waals surface area contributed by atoms with E-state index in [-0.39, 0.29) is 5.91 Å². The van der Waals surface area contributed by atoms with Gasteiger partial charge in [-0.25, -0.2) is 4.98 Å². The van der Waals surface area contributed by atoms with Crippen molar-refractivity contribution in [3.8, 4) is 0 Å². The first kappa shape index (κ1) is 14.8. The molecule has 0 aliphatic carbocycles. The first-order valence-electron chi connectivity index (χ1n) is 7.56. The normalized spacial score (nSPS) is 15.0. The summed E-state index contributed by atoms with van der Waals surface area (Å²) in [6, 6.07) is 1.90. The predicted molar refractivity (Wildman–Crippen MR) is 82.1 cm³/mol. The average Bonchev–Trinajstić information content (AvgIpc) is 3.04. The highest BCUT2D eigenvalue weighted by molar-refractivity contribution is 5.78. The number of fused-ring (bicyclic) bond motifs is 1. The third-order valence-electron chi connectivity index (χ3n) is 3.88. The summed E-state index contributed by atoms with van der Waals surface area (Å²) in [5.74, 6) is 0.171. The van der Waals surface area contributed by atoms with Crippen LogP contribution in [0.3, 0.4) is 0 Å². The number of nitrogens with zero attached hydrogens (tertiary/aromatic N) is 6. The van der Waals surface area contributed by atoms with Gasteiger partial charge < -0.3 is 14.4 Å². The molecule has 0 bridgehead atoms. The number of likely N-dealkylation sites (N-methyl/N-ethyl adjacent to an activating group) is 1. The van der Waals surface area contributed by atoms with E-state index < -0.39 is 0 Å². The van der Waals surface area contributed by atoms with E-state index >= 15 is 0 Å². The number of aromatic nitrogens is 4. The molecule has 2 aromatic rings. The number of hydrogen-bond donors (Lipinski definition) is 0. The van der Waals surface area contributed by atoms with Crippen LogP contribution in [0.15, 0.2) is 24.8 Å². The number of carbonyl (C=O) groups excluding carboxylic acids is 1. The highest BCUT2D eigenvalue weighted by Gasteiger charge is 2.22. The zero-order chi connectivity index (χ0) is 15.5. The topological polar surface area (TPSA) is 59.2 Å². The van der Waals surface area contributed by atoms with Crippen LogP contribution in [0.2, 0.25) is 0 Å². The molecule has 118 valence electrons. The Kier molecular flexibility index (Phi) is 4.24. The molecule has 0 N–H and O–H groups in total. The molecule has 0 unspecified atom stereocenters. The second kappa shape index (κ2) is 6.31. The largest absolute Gasteiger partial charge is 0.336 e. The maximum Gasteiger partial charge on any atom is 0.237 e. The standard InChI is InChI=1S/C15H22N6O/c1-18(2)11-15(22)19-6-4-7-20-12-16-13(14(20)10-19)9-21-8-3-5-17-21/h3,5,8,12H,4,6-7,9-11H2,1-2H3. The average molecular weight is 302 g/mol. The van der Waals surface area contributed by atoms with Crippen molar-refractivity contribution in [3.63, 3.8) is 0 Å². The minimum Gasteiger partial charge on any atom is -0.336 e. The van der Waals surface area contributed by atoms with E-state index in [0.29, 0.717) is 19.6 Å². The lowest BCUT2D eigenvalue weighted by molar-refractivity contribution is -0.132. The van der Waals surface area contributed by atoms with Crippen molar-refractivity contribution in [1.82, 2.24) is 29.1 Å². The number of rotatable bonds is 4. The van der Waals surface area contributed by atoms with Crippen molar-refractivity contribution >= 4 is 5.91 Å². The third kappa shape index (κ3) is 3.19. The highest BCUT2D eigenvalue weighted by Crippen LogP contribution is 2.17. The van der Waals surface area contributed by atoms with Crippen molar-refractivity contribution in [2.24, 2.45) is 0 Å². The molecule has 3 rings (SSSR count). The molecular weight excluding hydrogens is 280 g/mol. The Bertz CT molecular complexity index is 631. The summed E-state index contributed by atoms with van der Waals surface area (Å²) in [6.45, 7) is 3.43. The van der Waals surface area contributed by atoms with Crippen LogP contribution in [0.4, 0.5) is 0 Å². The smallest absolute Gasteiger partial charge is 0.237 e. The van der Waals surface area contributed by atoms with Crippen LogP contribution in [0.25, 0.3) is 0 Å². The van der Waals surface area contributed by atoms with Gasteiger partial charge in [-0.1, -0.05) is 0 Å². The van der Waals surface area contributed by atoms with Gasteiger partial charge >= 0.3 is 0 Å². The van der Waals surface area contributed by atoms with E-state index in [9.17, 15) is 4.79 Å². The summed E-state index contributed by atoms with van der Waals surface area (Å²) in [7, 11) is 3.84. The summed E-state index contributed by atoms with van der Waals surface area (Å²) in [5.41, 5.74) is 2.12. The second-order valence-electron chi connectivity index (χ2n) is 5.94. The molecular formula is C15H22N6O. The second-order valence-corrected chi connectivity index (χ2v) is 5.94. The molecule has 1 aliphatic rings. The van der Waals surface area contributed by atoms with E-state index in [1.54, 1.807) is 6.20 Å². The minimum atomic E-state index is 0.171. The molecule has 2 aromatic heterocycles. The first-order chi connectivity index (χ1) is 10.6. The number of carbonyl (C=O) groups is 1. The van der Waals surface area contributed by atoms with Crippen molar-refractivity contribution in [2.45, 2.75) is 26.1 Å². The quantitative estimate of drug-likeness (QED) is 0.821. The lowest BCUT2D eigenvalue weighted by Crippen LogP contribution is -2.37. The molecule has 0 saturated carbocycles. The number of imidazole rings is 1. The van der Waals surface area contributed by atoms with E-state index in [4.69, 9.17) is 0 Å². The molecule has 0 aromatic carbocycles. The zero-order valence-corrected chi connectivity index (χ0v) is 13.1. The molecule has 7 nitrogen and oxygen atoms in total. The fourth-order valence-electron chi connectivity index (χ4n) is 2.78. The maximum atomic E-state index is 12.4. The van der Waals surface area contributed by atoms with E-state index in [1.165, 1.54) is 0 Å². The fourth-order valence-corrected chi connectivity index (χ4v) is 2.78. The van der Waals surface area contributed by atoms with Gasteiger partial charge in [0, 0.05) is 25.5 Å². The lowest BCUT2D eigenvalue weighted by atomic mass is 10.3. The van der Waals surface area contributed by atoms with Crippen molar-refractivity contribution in [2.75, 3.05) is 27.2 Å². The molecule has 1 aliphatic heterocycles. The van der Waals surface area contributed by atoms with E-state index in [0.717, 1.165) is 30.9 Å². The summed E-state index contributed by atoms with van der Waals surface area (Å²) in [5, 5.41) is 4.24. The van der Waals surface area contributed by atoms with Crippen molar-refractivity contribution in [1.29, 1.82) is 0 Å². The van der Waals surface area contributed by atoms with Crippen LogP contribution in [0.5, 0.6) is 0 Å². The van der Waals surface area contributed by atoms with Crippen LogP contribution in [-0.2, 0) is 24.4 Å². The fraction of sp³-hybridized carbons (Fsp3) is 0.533. The molecule has 7 heteroatoms. The predicted octanol–water partition coefficient (Wildman–Crippen LogP) is 0.422. The lowest BCUT2D eigenvalue weighted by Gasteiger charge is -2.22. The van der Waals surface area contributed by atoms with Gasteiger partial charge in [0.2, 0.25) is 5.91 Å². The zero-order valence-electron chi connectivity index (χ0n) is 13.1. The Morgan fingerprint density at radius 1 is 1.36 bits per heavy atom. The van der Waals surface area contributed by atoms with Crippen LogP contribution in [0.1, 0.15) is 17.8 Å². The monoisotopic (exact) mass is 302 g/mol. The van der Waals surface area contributed by atoms with Gasteiger partial charge in [0.05, 0.1) is 37.3 Å². The van der Waals surface area contributed by atoms with Gasteiger partial charge in [0.15, 0.2) is 0 Å². The summed E-state index contributed by atoms with van der Waals surface area (Å²) in [4.78, 5) is 20.7. The van der Waals surface area contributed by atoms with Crippen molar-refractivity contribution < 1.29 is 4.79 Å². The van der Waals surface area contributed by atoms with Gasteiger partial charge in [-0.3, -0.25) is 9.48 Å². The SMILES string of the molecule is CN(C)CC(=O)N1CCCn2cnc(Cn3cccn3)c2C1. The van der Waals surface area contributed by atoms with Gasteiger partial charge in [-0.2, -0.15) is 5.10 Å². The Labute approximate surface area is 130 Å². The Balaban J connectivity index is 1.79. The minimum absolute atomic E-state index is 0.171. The molecule has 1 amide bonds. The molecule has 0 atom stereocenters. The van der Waals surface area contributed by atoms with Gasteiger partial charge in [-0.15, -0.1) is 0 Å². The maximum absolute atomic E-state index is 12.4. The van der Waals surface area contributed by atoms with Crippen LogP contribution in [0, 0.1) is 0 Å². The third-order valence-corrected chi connectivity index (χ3v) is 3.88. The molecule has 0 spiro atoms. The van der Waals surface area contributed by atoms with Gasteiger partial charge in [-0.05, 0) is 26.6 Å². The molecule has 3 heterocycles. The molecule has 0 saturated heterocycles. The number of aryl methyl sites for hydroxylation is 1. The Hall–Kier alpha value is -2.15. The van der Waals surface area contributed by atoms with Crippen LogP contribution in [-0.4, -0.2) is 62.2 Å². The summed E-state index contributed by atoms with van der Waals surface area (Å²) in [6.07, 6.45) is 6.54. The first-order valence-corrected chi connectivity index (χ1v) is 7.56. The van der Waals surface area contributed by atoms with Crippen LogP contribution >= 0.6 is 0 Å². The van der Waals surface area contributed by atoms with Gasteiger partial charge in [0.25, 0.3) is 0 Å². The molecule has 0 fully saturated rings. The summed E-state index contributed by atoms with van der Waals surface area (Å²) >= 11 is 0. The Morgan fingerprint density at radius 3 is 2.95 bits per heavy atom. The van der Waals surface area contributed by atoms with Gasteiger partial charge in [0.1, 0.15) is 0 Å². The highest BCUT2D eigenvalue weighted by atomic mass is 16.2.